The maximum Gasteiger partial charge on any atom is 0.303 e. The van der Waals surface area contributed by atoms with E-state index in [1.165, 1.54) is 0 Å². The molecule has 0 aliphatic carbocycles. The Bertz CT molecular complexity index is 367. The van der Waals surface area contributed by atoms with E-state index >= 15 is 0 Å². The van der Waals surface area contributed by atoms with E-state index in [9.17, 15) is 13.2 Å². The van der Waals surface area contributed by atoms with Gasteiger partial charge < -0.3 is 9.84 Å². The van der Waals surface area contributed by atoms with Gasteiger partial charge in [0.1, 0.15) is 0 Å². The van der Waals surface area contributed by atoms with Crippen molar-refractivity contribution < 1.29 is 23.1 Å². The molecule has 7 heteroatoms. The minimum atomic E-state index is -3.30. The van der Waals surface area contributed by atoms with Crippen LogP contribution in [0.15, 0.2) is 0 Å². The molecule has 0 saturated heterocycles. The van der Waals surface area contributed by atoms with Crippen molar-refractivity contribution >= 4 is 16.0 Å². The van der Waals surface area contributed by atoms with Crippen molar-refractivity contribution in [1.29, 1.82) is 0 Å². The largest absolute Gasteiger partial charge is 0.481 e. The number of rotatable bonds is 12. The molecule has 1 unspecified atom stereocenters. The van der Waals surface area contributed by atoms with Crippen molar-refractivity contribution in [2.45, 2.75) is 40.0 Å². The van der Waals surface area contributed by atoms with E-state index in [4.69, 9.17) is 9.84 Å². The van der Waals surface area contributed by atoms with E-state index in [1.54, 1.807) is 0 Å². The fourth-order valence-corrected chi connectivity index (χ4v) is 2.82. The number of nitrogens with one attached hydrogen (secondary N) is 1. The molecule has 0 amide bonds. The third kappa shape index (κ3) is 10.2. The number of hydrogen-bond donors (Lipinski definition) is 2. The highest BCUT2D eigenvalue weighted by atomic mass is 32.2. The predicted octanol–water partition coefficient (Wildman–Crippen LogP) is 1.47. The van der Waals surface area contributed by atoms with Gasteiger partial charge >= 0.3 is 5.97 Å². The van der Waals surface area contributed by atoms with Gasteiger partial charge in [0.15, 0.2) is 0 Å². The molecule has 0 spiro atoms. The minimum Gasteiger partial charge on any atom is -0.481 e. The SMILES string of the molecule is CCOCCS(=O)(=O)NCCC(CCC(=O)O)C(C)C. The van der Waals surface area contributed by atoms with Crippen LogP contribution in [-0.4, -0.2) is 45.0 Å². The van der Waals surface area contributed by atoms with E-state index < -0.39 is 16.0 Å². The highest BCUT2D eigenvalue weighted by molar-refractivity contribution is 7.89. The summed E-state index contributed by atoms with van der Waals surface area (Å²) < 4.78 is 30.8. The second-order valence-electron chi connectivity index (χ2n) is 5.14. The van der Waals surface area contributed by atoms with E-state index in [0.29, 0.717) is 31.9 Å². The van der Waals surface area contributed by atoms with Gasteiger partial charge in [0.2, 0.25) is 10.0 Å². The van der Waals surface area contributed by atoms with Crippen LogP contribution >= 0.6 is 0 Å². The molecular weight excluding hydrogens is 282 g/mol. The number of hydrogen-bond acceptors (Lipinski definition) is 4. The lowest BCUT2D eigenvalue weighted by molar-refractivity contribution is -0.137. The van der Waals surface area contributed by atoms with Gasteiger partial charge in [0.05, 0.1) is 12.4 Å². The molecule has 0 aliphatic heterocycles. The van der Waals surface area contributed by atoms with Crippen molar-refractivity contribution in [3.8, 4) is 0 Å². The molecule has 0 aromatic heterocycles. The van der Waals surface area contributed by atoms with Crippen molar-refractivity contribution in [2.75, 3.05) is 25.5 Å². The molecule has 0 heterocycles. The Kier molecular flexibility index (Phi) is 9.79. The fraction of sp³-hybridized carbons (Fsp3) is 0.923. The highest BCUT2D eigenvalue weighted by Crippen LogP contribution is 2.20. The molecule has 20 heavy (non-hydrogen) atoms. The van der Waals surface area contributed by atoms with Gasteiger partial charge in [-0.25, -0.2) is 13.1 Å². The first-order chi connectivity index (χ1) is 9.28. The number of carboxylic acid groups (broad SMARTS) is 1. The molecule has 6 nitrogen and oxygen atoms in total. The summed E-state index contributed by atoms with van der Waals surface area (Å²) in [5.74, 6) is -0.307. The molecule has 2 N–H and O–H groups in total. The third-order valence-electron chi connectivity index (χ3n) is 3.21. The topological polar surface area (TPSA) is 92.7 Å². The average Bonchev–Trinajstić information content (AvgIpc) is 2.32. The second kappa shape index (κ2) is 10.1. The molecule has 0 bridgehead atoms. The zero-order valence-corrected chi connectivity index (χ0v) is 13.4. The Morgan fingerprint density at radius 3 is 2.45 bits per heavy atom. The van der Waals surface area contributed by atoms with Gasteiger partial charge in [0, 0.05) is 19.6 Å². The summed E-state index contributed by atoms with van der Waals surface area (Å²) >= 11 is 0. The van der Waals surface area contributed by atoms with Gasteiger partial charge in [-0.2, -0.15) is 0 Å². The Balaban J connectivity index is 4.06. The Morgan fingerprint density at radius 1 is 1.30 bits per heavy atom. The van der Waals surface area contributed by atoms with Crippen LogP contribution in [0.1, 0.15) is 40.0 Å². The van der Waals surface area contributed by atoms with Gasteiger partial charge in [-0.3, -0.25) is 4.79 Å². The van der Waals surface area contributed by atoms with Crippen molar-refractivity contribution in [3.63, 3.8) is 0 Å². The summed E-state index contributed by atoms with van der Waals surface area (Å²) in [6, 6.07) is 0. The predicted molar refractivity (Wildman–Crippen MR) is 78.1 cm³/mol. The van der Waals surface area contributed by atoms with Crippen molar-refractivity contribution in [3.05, 3.63) is 0 Å². The number of carboxylic acids is 1. The van der Waals surface area contributed by atoms with E-state index in [0.717, 1.165) is 0 Å². The standard InChI is InChI=1S/C13H27NO5S/c1-4-19-9-10-20(17,18)14-8-7-12(11(2)3)5-6-13(15)16/h11-12,14H,4-10H2,1-3H3,(H,15,16). The molecule has 0 aliphatic rings. The molecule has 0 aromatic carbocycles. The molecular formula is C13H27NO5S. The van der Waals surface area contributed by atoms with E-state index in [2.05, 4.69) is 4.72 Å². The molecule has 1 atom stereocenters. The monoisotopic (exact) mass is 309 g/mol. The summed E-state index contributed by atoms with van der Waals surface area (Å²) in [6.45, 7) is 6.90. The van der Waals surface area contributed by atoms with Crippen LogP contribution in [0.25, 0.3) is 0 Å². The van der Waals surface area contributed by atoms with Crippen LogP contribution in [0.2, 0.25) is 0 Å². The van der Waals surface area contributed by atoms with Gasteiger partial charge in [-0.1, -0.05) is 13.8 Å². The summed E-state index contributed by atoms with van der Waals surface area (Å²) in [7, 11) is -3.30. The average molecular weight is 309 g/mol. The first-order valence-electron chi connectivity index (χ1n) is 7.05. The molecule has 0 aromatic rings. The summed E-state index contributed by atoms with van der Waals surface area (Å²) in [4.78, 5) is 10.6. The van der Waals surface area contributed by atoms with Crippen LogP contribution in [-0.2, 0) is 19.6 Å². The number of carbonyl (C=O) groups is 1. The van der Waals surface area contributed by atoms with Crippen LogP contribution in [0.5, 0.6) is 0 Å². The number of aliphatic carboxylic acids is 1. The normalized spacial score (nSPS) is 13.6. The zero-order valence-electron chi connectivity index (χ0n) is 12.6. The Hall–Kier alpha value is -0.660. The molecule has 0 fully saturated rings. The quantitative estimate of drug-likeness (QED) is 0.533. The van der Waals surface area contributed by atoms with Gasteiger partial charge in [-0.05, 0) is 31.6 Å². The van der Waals surface area contributed by atoms with Crippen LogP contribution in [0.3, 0.4) is 0 Å². The van der Waals surface area contributed by atoms with Crippen LogP contribution in [0.4, 0.5) is 0 Å². The molecule has 0 rings (SSSR count). The Morgan fingerprint density at radius 2 is 1.95 bits per heavy atom. The molecule has 0 radical (unpaired) electrons. The smallest absolute Gasteiger partial charge is 0.303 e. The van der Waals surface area contributed by atoms with Crippen LogP contribution < -0.4 is 4.72 Å². The first-order valence-corrected chi connectivity index (χ1v) is 8.70. The molecule has 120 valence electrons. The lowest BCUT2D eigenvalue weighted by atomic mass is 9.88. The lowest BCUT2D eigenvalue weighted by Gasteiger charge is -2.20. The van der Waals surface area contributed by atoms with Crippen LogP contribution in [0, 0.1) is 11.8 Å². The number of ether oxygens (including phenoxy) is 1. The lowest BCUT2D eigenvalue weighted by Crippen LogP contribution is -2.31. The van der Waals surface area contributed by atoms with Gasteiger partial charge in [0.25, 0.3) is 0 Å². The minimum absolute atomic E-state index is 0.0394. The van der Waals surface area contributed by atoms with E-state index in [1.807, 2.05) is 20.8 Å². The highest BCUT2D eigenvalue weighted by Gasteiger charge is 2.16. The zero-order chi connectivity index (χ0) is 15.6. The third-order valence-corrected chi connectivity index (χ3v) is 4.56. The first kappa shape index (κ1) is 19.3. The summed E-state index contributed by atoms with van der Waals surface area (Å²) in [6.07, 6.45) is 1.35. The summed E-state index contributed by atoms with van der Waals surface area (Å²) in [5.41, 5.74) is 0. The fourth-order valence-electron chi connectivity index (χ4n) is 1.90. The second-order valence-corrected chi connectivity index (χ2v) is 7.06. The Labute approximate surface area is 121 Å². The summed E-state index contributed by atoms with van der Waals surface area (Å²) in [5, 5.41) is 8.69. The number of sulfonamides is 1. The van der Waals surface area contributed by atoms with E-state index in [-0.39, 0.29) is 24.7 Å². The molecule has 0 saturated carbocycles. The maximum atomic E-state index is 11.6. The van der Waals surface area contributed by atoms with Gasteiger partial charge in [-0.15, -0.1) is 0 Å². The van der Waals surface area contributed by atoms with Crippen molar-refractivity contribution in [1.82, 2.24) is 4.72 Å². The van der Waals surface area contributed by atoms with Crippen molar-refractivity contribution in [2.24, 2.45) is 11.8 Å². The maximum absolute atomic E-state index is 11.6.